The summed E-state index contributed by atoms with van der Waals surface area (Å²) in [6.07, 6.45) is 5.46. The third-order valence-electron chi connectivity index (χ3n) is 13.6. The molecule has 1 saturated carbocycles. The predicted molar refractivity (Wildman–Crippen MR) is 243 cm³/mol. The number of nitriles is 1. The van der Waals surface area contributed by atoms with Gasteiger partial charge in [0.15, 0.2) is 0 Å². The molecule has 4 aromatic rings. The summed E-state index contributed by atoms with van der Waals surface area (Å²) in [6.45, 7) is 12.7. The van der Waals surface area contributed by atoms with Crippen molar-refractivity contribution in [3.8, 4) is 23.7 Å². The van der Waals surface area contributed by atoms with Gasteiger partial charge < -0.3 is 25.2 Å². The number of anilines is 1. The van der Waals surface area contributed by atoms with E-state index in [9.17, 15) is 29.2 Å². The Morgan fingerprint density at radius 2 is 1.71 bits per heavy atom. The highest BCUT2D eigenvalue weighted by atomic mass is 35.5. The molecule has 0 radical (unpaired) electrons. The van der Waals surface area contributed by atoms with Gasteiger partial charge in [-0.05, 0) is 99.5 Å². The number of rotatable bonds is 10. The number of hydrogen-bond acceptors (Lipinski definition) is 12. The van der Waals surface area contributed by atoms with Crippen molar-refractivity contribution in [2.75, 3.05) is 44.6 Å². The molecule has 1 atom stereocenters. The van der Waals surface area contributed by atoms with Crippen molar-refractivity contribution in [1.29, 1.82) is 5.26 Å². The molecule has 338 valence electrons. The summed E-state index contributed by atoms with van der Waals surface area (Å²) in [4.78, 5) is 72.7. The van der Waals surface area contributed by atoms with Gasteiger partial charge in [0.05, 0.1) is 28.1 Å². The van der Waals surface area contributed by atoms with Crippen molar-refractivity contribution in [2.24, 2.45) is 22.7 Å². The number of likely N-dealkylation sites (tertiary alicyclic amines) is 2. The maximum atomic E-state index is 13.4. The number of ether oxygens (including phenoxy) is 1. The van der Waals surface area contributed by atoms with Gasteiger partial charge in [0, 0.05) is 66.8 Å². The van der Waals surface area contributed by atoms with Gasteiger partial charge in [-0.1, -0.05) is 50.4 Å². The summed E-state index contributed by atoms with van der Waals surface area (Å²) in [5.41, 5.74) is 1.17. The van der Waals surface area contributed by atoms with Crippen LogP contribution in [0.25, 0.3) is 10.9 Å². The highest BCUT2D eigenvalue weighted by molar-refractivity contribution is 6.31. The quantitative estimate of drug-likeness (QED) is 0.146. The number of nitrogens with one attached hydrogen (secondary N) is 3. The Morgan fingerprint density at radius 1 is 0.954 bits per heavy atom. The van der Waals surface area contributed by atoms with E-state index in [0.717, 1.165) is 50.0 Å². The first-order valence-electron chi connectivity index (χ1n) is 22.2. The van der Waals surface area contributed by atoms with E-state index in [1.165, 1.54) is 0 Å². The summed E-state index contributed by atoms with van der Waals surface area (Å²) in [5.74, 6) is 6.82. The Hall–Kier alpha value is -6.36. The van der Waals surface area contributed by atoms with Crippen molar-refractivity contribution in [3.05, 3.63) is 86.9 Å². The second-order valence-electron chi connectivity index (χ2n) is 18.8. The number of imide groups is 1. The number of aromatic nitrogens is 4. The summed E-state index contributed by atoms with van der Waals surface area (Å²) in [5, 5.41) is 26.5. The molecular formula is C48H53ClN10O6. The molecule has 3 aliphatic heterocycles. The van der Waals surface area contributed by atoms with Gasteiger partial charge in [0.1, 0.15) is 35.2 Å². The summed E-state index contributed by atoms with van der Waals surface area (Å²) in [6, 6.07) is 14.6. The van der Waals surface area contributed by atoms with E-state index in [0.29, 0.717) is 57.8 Å². The van der Waals surface area contributed by atoms with Crippen molar-refractivity contribution in [1.82, 2.24) is 40.4 Å². The average Bonchev–Trinajstić information content (AvgIpc) is 3.29. The molecule has 3 saturated heterocycles. The van der Waals surface area contributed by atoms with Gasteiger partial charge in [-0.25, -0.2) is 4.98 Å². The number of fused-ring (bicyclic) bond motifs is 1. The van der Waals surface area contributed by atoms with Gasteiger partial charge in [-0.3, -0.25) is 29.3 Å². The second kappa shape index (κ2) is 18.6. The third-order valence-corrected chi connectivity index (χ3v) is 13.9. The summed E-state index contributed by atoms with van der Waals surface area (Å²) < 4.78 is 7.38. The van der Waals surface area contributed by atoms with E-state index in [1.807, 2.05) is 4.90 Å². The molecule has 17 heteroatoms. The van der Waals surface area contributed by atoms with Crippen molar-refractivity contribution in [3.63, 3.8) is 0 Å². The molecule has 16 nitrogen and oxygen atoms in total. The molecule has 4 aliphatic rings. The van der Waals surface area contributed by atoms with Gasteiger partial charge in [0.25, 0.3) is 17.4 Å². The highest BCUT2D eigenvalue weighted by Crippen LogP contribution is 2.55. The number of carbonyl (C=O) groups is 4. The molecule has 4 fully saturated rings. The number of hydrogen-bond donors (Lipinski definition) is 3. The first-order valence-corrected chi connectivity index (χ1v) is 22.6. The van der Waals surface area contributed by atoms with E-state index < -0.39 is 17.5 Å². The number of nitrogens with zero attached hydrogens (tertiary/aromatic N) is 7. The third kappa shape index (κ3) is 9.70. The molecule has 3 N–H and O–H groups in total. The molecule has 1 unspecified atom stereocenters. The number of pyridine rings is 1. The van der Waals surface area contributed by atoms with Crippen LogP contribution in [-0.4, -0.2) is 105 Å². The van der Waals surface area contributed by atoms with Crippen LogP contribution < -0.4 is 26.2 Å². The lowest BCUT2D eigenvalue weighted by atomic mass is 9.49. The SMILES string of the molecule is CC1(C)C(NC(=O)c2ccc(C#CC3CCN(CC4CCN(C(=O)CNc5ccc6nnn(C7CCC(=O)NC7=O)c(=O)c6c5)CC4)CC3)nc2)C(C)(C)C1Oc1ccc(C#N)c(Cl)c1. The van der Waals surface area contributed by atoms with Gasteiger partial charge in [-0.15, -0.1) is 5.10 Å². The molecule has 0 spiro atoms. The molecule has 8 rings (SSSR count). The van der Waals surface area contributed by atoms with Crippen LogP contribution in [0.4, 0.5) is 5.69 Å². The fourth-order valence-corrected chi connectivity index (χ4v) is 10.4. The number of amides is 4. The Bertz CT molecular complexity index is 2650. The Morgan fingerprint density at radius 3 is 2.38 bits per heavy atom. The average molecular weight is 901 g/mol. The monoisotopic (exact) mass is 900 g/mol. The number of benzene rings is 2. The van der Waals surface area contributed by atoms with E-state index >= 15 is 0 Å². The maximum absolute atomic E-state index is 13.4. The van der Waals surface area contributed by atoms with Crippen LogP contribution in [-0.2, 0) is 14.4 Å². The van der Waals surface area contributed by atoms with Crippen molar-refractivity contribution < 1.29 is 23.9 Å². The lowest BCUT2D eigenvalue weighted by Gasteiger charge is -2.63. The number of halogens is 1. The van der Waals surface area contributed by atoms with Crippen LogP contribution in [0.3, 0.4) is 0 Å². The van der Waals surface area contributed by atoms with E-state index in [1.54, 1.807) is 54.7 Å². The van der Waals surface area contributed by atoms with Crippen molar-refractivity contribution >= 4 is 51.8 Å². The number of piperidine rings is 3. The molecule has 1 aliphatic carbocycles. The minimum atomic E-state index is -0.912. The predicted octanol–water partition coefficient (Wildman–Crippen LogP) is 4.72. The fraction of sp³-hybridized carbons (Fsp3) is 0.479. The smallest absolute Gasteiger partial charge is 0.278 e. The normalized spacial score (nSPS) is 22.2. The first-order chi connectivity index (χ1) is 31.1. The summed E-state index contributed by atoms with van der Waals surface area (Å²) in [7, 11) is 0. The minimum absolute atomic E-state index is 0.0146. The molecule has 0 bridgehead atoms. The van der Waals surface area contributed by atoms with E-state index in [2.05, 4.69) is 81.8 Å². The van der Waals surface area contributed by atoms with Crippen LogP contribution in [0.2, 0.25) is 5.02 Å². The van der Waals surface area contributed by atoms with Crippen LogP contribution in [0, 0.1) is 45.8 Å². The van der Waals surface area contributed by atoms with Crippen LogP contribution in [0.5, 0.6) is 5.75 Å². The maximum Gasteiger partial charge on any atom is 0.278 e. The lowest BCUT2D eigenvalue weighted by Crippen LogP contribution is -2.74. The zero-order chi connectivity index (χ0) is 46.0. The van der Waals surface area contributed by atoms with E-state index in [4.69, 9.17) is 16.3 Å². The second-order valence-corrected chi connectivity index (χ2v) is 19.2. The molecule has 4 amide bonds. The van der Waals surface area contributed by atoms with Crippen molar-refractivity contribution in [2.45, 2.75) is 84.4 Å². The Balaban J connectivity index is 0.749. The van der Waals surface area contributed by atoms with E-state index in [-0.39, 0.29) is 71.4 Å². The molecular weight excluding hydrogens is 848 g/mol. The minimum Gasteiger partial charge on any atom is -0.489 e. The van der Waals surface area contributed by atoms with Gasteiger partial charge >= 0.3 is 0 Å². The van der Waals surface area contributed by atoms with Gasteiger partial charge in [-0.2, -0.15) is 9.94 Å². The Kier molecular flexibility index (Phi) is 13.0. The standard InChI is InChI=1S/C48H53ClN10O6/c1-47(2)45(48(3,4)46(47)65-35-11-7-31(25-50)37(49)24-35)54-42(62)32-6-9-33(51-26-32)8-5-29-15-19-57(20-16-29)28-30-17-21-58(22-18-30)41(61)27-52-34-10-12-38-36(23-34)44(64)59(56-55-38)39-13-14-40(60)53-43(39)63/h6-7,9-12,23-24,26,29-30,39,45-46,52H,13-22,27-28H2,1-4H3,(H,54,62)(H,53,60,63). The number of carbonyl (C=O) groups excluding carboxylic acids is 4. The zero-order valence-electron chi connectivity index (χ0n) is 37.0. The Labute approximate surface area is 382 Å². The van der Waals surface area contributed by atoms with Crippen LogP contribution in [0.1, 0.15) is 93.9 Å². The van der Waals surface area contributed by atoms with Crippen LogP contribution in [0.15, 0.2) is 59.5 Å². The molecule has 2 aromatic carbocycles. The molecule has 5 heterocycles. The topological polar surface area (TPSA) is 205 Å². The fourth-order valence-electron chi connectivity index (χ4n) is 10.2. The highest BCUT2D eigenvalue weighted by Gasteiger charge is 2.64. The van der Waals surface area contributed by atoms with Gasteiger partial charge in [0.2, 0.25) is 11.8 Å². The zero-order valence-corrected chi connectivity index (χ0v) is 37.8. The molecule has 2 aromatic heterocycles. The summed E-state index contributed by atoms with van der Waals surface area (Å²) >= 11 is 6.24. The lowest BCUT2D eigenvalue weighted by molar-refractivity contribution is -0.164. The first kappa shape index (κ1) is 45.2. The molecule has 65 heavy (non-hydrogen) atoms. The largest absolute Gasteiger partial charge is 0.489 e. The van der Waals surface area contributed by atoms with Crippen LogP contribution >= 0.6 is 11.6 Å².